The predicted octanol–water partition coefficient (Wildman–Crippen LogP) is 4.73. The molecule has 138 valence electrons. The van der Waals surface area contributed by atoms with Crippen LogP contribution in [0.1, 0.15) is 15.4 Å². The molecule has 4 rings (SSSR count). The highest BCUT2D eigenvalue weighted by Crippen LogP contribution is 2.29. The second kappa shape index (κ2) is 7.71. The number of aryl methyl sites for hydroxylation is 1. The van der Waals surface area contributed by atoms with Crippen molar-refractivity contribution in [3.05, 3.63) is 70.2 Å². The van der Waals surface area contributed by atoms with Gasteiger partial charge in [-0.05, 0) is 25.1 Å². The predicted molar refractivity (Wildman–Crippen MR) is 112 cm³/mol. The summed E-state index contributed by atoms with van der Waals surface area (Å²) < 4.78 is 0. The van der Waals surface area contributed by atoms with Crippen LogP contribution in [-0.4, -0.2) is 42.0 Å². The number of anilines is 1. The monoisotopic (exact) mass is 397 g/mol. The third-order valence-electron chi connectivity index (χ3n) is 4.75. The third kappa shape index (κ3) is 3.84. The number of nitrogens with zero attached hydrogens (tertiary/aromatic N) is 3. The maximum atomic E-state index is 13.0. The van der Waals surface area contributed by atoms with E-state index in [1.54, 1.807) is 0 Å². The number of carbonyl (C=O) groups is 1. The van der Waals surface area contributed by atoms with E-state index in [0.29, 0.717) is 13.1 Å². The largest absolute Gasteiger partial charge is 0.368 e. The van der Waals surface area contributed by atoms with Gasteiger partial charge in [-0.25, -0.2) is 4.98 Å². The van der Waals surface area contributed by atoms with Gasteiger partial charge < -0.3 is 9.80 Å². The van der Waals surface area contributed by atoms with Crippen LogP contribution >= 0.6 is 22.9 Å². The van der Waals surface area contributed by atoms with Gasteiger partial charge in [-0.15, -0.1) is 11.3 Å². The van der Waals surface area contributed by atoms with Crippen molar-refractivity contribution in [3.63, 3.8) is 0 Å². The highest BCUT2D eigenvalue weighted by atomic mass is 35.5. The van der Waals surface area contributed by atoms with Crippen molar-refractivity contribution in [2.75, 3.05) is 31.1 Å². The molecule has 1 aliphatic rings. The first-order valence-electron chi connectivity index (χ1n) is 8.94. The van der Waals surface area contributed by atoms with E-state index in [9.17, 15) is 4.79 Å². The Labute approximate surface area is 168 Å². The number of aromatic nitrogens is 1. The molecule has 0 saturated carbocycles. The van der Waals surface area contributed by atoms with Crippen molar-refractivity contribution in [1.29, 1.82) is 0 Å². The van der Waals surface area contributed by atoms with E-state index in [2.05, 4.69) is 16.0 Å². The smallest absolute Gasteiger partial charge is 0.265 e. The van der Waals surface area contributed by atoms with Gasteiger partial charge in [0, 0.05) is 42.5 Å². The molecule has 1 amide bonds. The van der Waals surface area contributed by atoms with E-state index < -0.39 is 0 Å². The lowest BCUT2D eigenvalue weighted by Gasteiger charge is -2.36. The minimum Gasteiger partial charge on any atom is -0.368 e. The van der Waals surface area contributed by atoms with Crippen molar-refractivity contribution in [2.45, 2.75) is 6.92 Å². The second-order valence-electron chi connectivity index (χ2n) is 6.56. The Hall–Kier alpha value is -2.37. The van der Waals surface area contributed by atoms with Gasteiger partial charge >= 0.3 is 0 Å². The molecular formula is C21H20ClN3OS. The van der Waals surface area contributed by atoms with Gasteiger partial charge in [0.2, 0.25) is 0 Å². The minimum atomic E-state index is 0.0814. The van der Waals surface area contributed by atoms with Crippen LogP contribution in [0.25, 0.3) is 10.6 Å². The summed E-state index contributed by atoms with van der Waals surface area (Å²) in [5, 5.41) is 1.63. The fourth-order valence-electron chi connectivity index (χ4n) is 3.28. The molecule has 1 fully saturated rings. The Balaban J connectivity index is 1.46. The molecule has 4 nitrogen and oxygen atoms in total. The van der Waals surface area contributed by atoms with E-state index in [1.165, 1.54) is 11.3 Å². The van der Waals surface area contributed by atoms with Crippen LogP contribution in [0.5, 0.6) is 0 Å². The average Bonchev–Trinajstić information content (AvgIpc) is 3.10. The quantitative estimate of drug-likeness (QED) is 0.640. The van der Waals surface area contributed by atoms with Gasteiger partial charge in [0.25, 0.3) is 5.91 Å². The molecule has 3 aromatic rings. The van der Waals surface area contributed by atoms with Crippen LogP contribution in [-0.2, 0) is 0 Å². The maximum absolute atomic E-state index is 13.0. The van der Waals surface area contributed by atoms with Crippen molar-refractivity contribution >= 4 is 34.5 Å². The molecule has 1 aromatic heterocycles. The van der Waals surface area contributed by atoms with E-state index in [0.717, 1.165) is 44.9 Å². The number of piperazine rings is 1. The molecular weight excluding hydrogens is 378 g/mol. The van der Waals surface area contributed by atoms with Crippen LogP contribution in [0.15, 0.2) is 54.6 Å². The summed E-state index contributed by atoms with van der Waals surface area (Å²) in [7, 11) is 0. The van der Waals surface area contributed by atoms with Gasteiger partial charge in [-0.2, -0.15) is 0 Å². The summed E-state index contributed by atoms with van der Waals surface area (Å²) in [5.41, 5.74) is 2.96. The molecule has 2 heterocycles. The molecule has 0 aliphatic carbocycles. The fraction of sp³-hybridized carbons (Fsp3) is 0.238. The van der Waals surface area contributed by atoms with Gasteiger partial charge in [0.05, 0.1) is 5.69 Å². The lowest BCUT2D eigenvalue weighted by atomic mass is 10.2. The highest BCUT2D eigenvalue weighted by molar-refractivity contribution is 7.17. The number of thiazole rings is 1. The van der Waals surface area contributed by atoms with Crippen molar-refractivity contribution in [3.8, 4) is 10.6 Å². The summed E-state index contributed by atoms with van der Waals surface area (Å²) in [4.78, 5) is 22.6. The molecule has 0 atom stereocenters. The number of halogens is 1. The molecule has 0 bridgehead atoms. The summed E-state index contributed by atoms with van der Waals surface area (Å²) in [6.07, 6.45) is 0. The number of amides is 1. The molecule has 6 heteroatoms. The summed E-state index contributed by atoms with van der Waals surface area (Å²) >= 11 is 7.58. The molecule has 27 heavy (non-hydrogen) atoms. The summed E-state index contributed by atoms with van der Waals surface area (Å²) in [6, 6.07) is 17.9. The number of carbonyl (C=O) groups excluding carboxylic acids is 1. The number of rotatable bonds is 3. The van der Waals surface area contributed by atoms with Gasteiger partial charge in [0.15, 0.2) is 0 Å². The van der Waals surface area contributed by atoms with Crippen molar-refractivity contribution in [1.82, 2.24) is 9.88 Å². The standard InChI is InChI=1S/C21H20ClN3OS/c1-15-19(27-20(23-15)16-6-3-2-4-7-16)21(26)25-12-10-24(11-13-25)18-9-5-8-17(22)14-18/h2-9,14H,10-13H2,1H3. The van der Waals surface area contributed by atoms with Gasteiger partial charge in [-0.3, -0.25) is 4.79 Å². The highest BCUT2D eigenvalue weighted by Gasteiger charge is 2.25. The van der Waals surface area contributed by atoms with Crippen LogP contribution in [0.2, 0.25) is 5.02 Å². The zero-order chi connectivity index (χ0) is 18.8. The van der Waals surface area contributed by atoms with Crippen molar-refractivity contribution in [2.24, 2.45) is 0 Å². The lowest BCUT2D eigenvalue weighted by molar-refractivity contribution is 0.0750. The minimum absolute atomic E-state index is 0.0814. The molecule has 1 aliphatic heterocycles. The van der Waals surface area contributed by atoms with Crippen LogP contribution in [0.4, 0.5) is 5.69 Å². The average molecular weight is 398 g/mol. The van der Waals surface area contributed by atoms with Gasteiger partial charge in [-0.1, -0.05) is 48.0 Å². The Morgan fingerprint density at radius 3 is 2.48 bits per heavy atom. The maximum Gasteiger partial charge on any atom is 0.265 e. The SMILES string of the molecule is Cc1nc(-c2ccccc2)sc1C(=O)N1CCN(c2cccc(Cl)c2)CC1. The van der Waals surface area contributed by atoms with Crippen LogP contribution < -0.4 is 4.90 Å². The van der Waals surface area contributed by atoms with E-state index in [1.807, 2.05) is 60.4 Å². The van der Waals surface area contributed by atoms with E-state index >= 15 is 0 Å². The number of hydrogen-bond donors (Lipinski definition) is 0. The van der Waals surface area contributed by atoms with Crippen LogP contribution in [0.3, 0.4) is 0 Å². The first-order chi connectivity index (χ1) is 13.1. The molecule has 1 saturated heterocycles. The fourth-order valence-corrected chi connectivity index (χ4v) is 4.51. The van der Waals surface area contributed by atoms with Gasteiger partial charge in [0.1, 0.15) is 9.88 Å². The number of benzene rings is 2. The summed E-state index contributed by atoms with van der Waals surface area (Å²) in [5.74, 6) is 0.0814. The summed E-state index contributed by atoms with van der Waals surface area (Å²) in [6.45, 7) is 4.91. The molecule has 0 unspecified atom stereocenters. The Bertz CT molecular complexity index is 949. The molecule has 0 N–H and O–H groups in total. The molecule has 2 aromatic carbocycles. The van der Waals surface area contributed by atoms with E-state index in [4.69, 9.17) is 11.6 Å². The Morgan fingerprint density at radius 1 is 1.04 bits per heavy atom. The second-order valence-corrected chi connectivity index (χ2v) is 7.99. The van der Waals surface area contributed by atoms with Crippen LogP contribution in [0, 0.1) is 6.92 Å². The topological polar surface area (TPSA) is 36.4 Å². The first-order valence-corrected chi connectivity index (χ1v) is 10.1. The zero-order valence-corrected chi connectivity index (χ0v) is 16.6. The molecule has 0 spiro atoms. The normalized spacial score (nSPS) is 14.4. The van der Waals surface area contributed by atoms with E-state index in [-0.39, 0.29) is 5.91 Å². The Morgan fingerprint density at radius 2 is 1.78 bits per heavy atom. The lowest BCUT2D eigenvalue weighted by Crippen LogP contribution is -2.48. The first kappa shape index (κ1) is 18.0. The Kier molecular flexibility index (Phi) is 5.14. The molecule has 0 radical (unpaired) electrons. The zero-order valence-electron chi connectivity index (χ0n) is 15.1. The number of hydrogen-bond acceptors (Lipinski definition) is 4. The third-order valence-corrected chi connectivity index (χ3v) is 6.18. The van der Waals surface area contributed by atoms with Crippen molar-refractivity contribution < 1.29 is 4.79 Å².